The number of thioether (sulfide) groups is 1. The molecule has 0 aliphatic carbocycles. The minimum atomic E-state index is -1.21. The van der Waals surface area contributed by atoms with Gasteiger partial charge in [-0.3, -0.25) is 24.0 Å². The third kappa shape index (κ3) is 14.2. The number of unbranched alkanes of at least 4 members (excludes halogenated alkanes) is 1. The van der Waals surface area contributed by atoms with Crippen molar-refractivity contribution in [3.63, 3.8) is 0 Å². The van der Waals surface area contributed by atoms with E-state index in [0.29, 0.717) is 25.1 Å². The molecule has 4 atom stereocenters. The molecule has 4 unspecified atom stereocenters. The van der Waals surface area contributed by atoms with Gasteiger partial charge in [0.1, 0.15) is 18.1 Å². The molecular weight excluding hydrogens is 482 g/mol. The predicted molar refractivity (Wildman–Crippen MR) is 130 cm³/mol. The topological polar surface area (TPSA) is 249 Å². The fourth-order valence-electron chi connectivity index (χ4n) is 2.78. The van der Waals surface area contributed by atoms with Gasteiger partial charge in [-0.15, -0.1) is 0 Å². The monoisotopic (exact) mass is 519 g/mol. The van der Waals surface area contributed by atoms with E-state index in [-0.39, 0.29) is 12.8 Å². The molecule has 0 radical (unpaired) electrons. The summed E-state index contributed by atoms with van der Waals surface area (Å²) >= 11 is 1.43. The lowest BCUT2D eigenvalue weighted by molar-refractivity contribution is -0.142. The van der Waals surface area contributed by atoms with Crippen molar-refractivity contribution in [3.8, 4) is 0 Å². The van der Waals surface area contributed by atoms with Crippen LogP contribution < -0.4 is 38.5 Å². The van der Waals surface area contributed by atoms with Crippen LogP contribution in [-0.2, 0) is 28.8 Å². The van der Waals surface area contributed by atoms with Crippen LogP contribution in [0.1, 0.15) is 39.0 Å². The van der Waals surface area contributed by atoms with E-state index in [0.717, 1.165) is 0 Å². The molecule has 0 aromatic heterocycles. The zero-order valence-corrected chi connectivity index (χ0v) is 20.8. The number of carbonyl (C=O) groups is 6. The number of carboxylic acids is 1. The molecular formula is C20H37N7O7S. The van der Waals surface area contributed by atoms with E-state index in [2.05, 4.69) is 21.3 Å². The average Bonchev–Trinajstić information content (AvgIpc) is 2.78. The molecule has 0 heterocycles. The number of nitrogens with two attached hydrogens (primary N) is 3. The number of aliphatic carboxylic acids is 1. The summed E-state index contributed by atoms with van der Waals surface area (Å²) in [4.78, 5) is 71.4. The summed E-state index contributed by atoms with van der Waals surface area (Å²) in [5.74, 6) is -4.24. The van der Waals surface area contributed by atoms with Crippen molar-refractivity contribution in [2.24, 2.45) is 17.2 Å². The molecule has 14 nitrogen and oxygen atoms in total. The molecule has 5 amide bonds. The zero-order chi connectivity index (χ0) is 27.0. The first-order valence-corrected chi connectivity index (χ1v) is 12.5. The lowest BCUT2D eigenvalue weighted by Gasteiger charge is -2.22. The standard InChI is InChI=1S/C20H37N7O7S/c1-11(17(30)27-14(20(33)34)6-8-35-2)25-19(32)13(5-3-4-7-21)26-16(29)10-24-18(31)12(22)9-15(23)28/h11-14H,3-10,21-22H2,1-2H3,(H2,23,28)(H,24,31)(H,25,32)(H,26,29)(H,27,30)(H,33,34). The van der Waals surface area contributed by atoms with E-state index in [1.807, 2.05) is 6.26 Å². The number of hydrogen-bond acceptors (Lipinski definition) is 9. The lowest BCUT2D eigenvalue weighted by Crippen LogP contribution is -2.55. The molecule has 0 aliphatic rings. The van der Waals surface area contributed by atoms with Crippen LogP contribution in [0.25, 0.3) is 0 Å². The highest BCUT2D eigenvalue weighted by molar-refractivity contribution is 7.98. The number of carbonyl (C=O) groups excluding carboxylic acids is 5. The van der Waals surface area contributed by atoms with Crippen molar-refractivity contribution in [1.29, 1.82) is 0 Å². The quantitative estimate of drug-likeness (QED) is 0.0839. The second-order valence-electron chi connectivity index (χ2n) is 7.81. The fourth-order valence-corrected chi connectivity index (χ4v) is 3.26. The molecule has 0 rings (SSSR count). The summed E-state index contributed by atoms with van der Waals surface area (Å²) in [5.41, 5.74) is 16.0. The minimum Gasteiger partial charge on any atom is -0.480 e. The lowest BCUT2D eigenvalue weighted by atomic mass is 10.1. The largest absolute Gasteiger partial charge is 0.480 e. The number of carboxylic acid groups (broad SMARTS) is 1. The molecule has 35 heavy (non-hydrogen) atoms. The predicted octanol–water partition coefficient (Wildman–Crippen LogP) is -3.25. The van der Waals surface area contributed by atoms with E-state index in [1.165, 1.54) is 18.7 Å². The Hall–Kier alpha value is -2.91. The van der Waals surface area contributed by atoms with Gasteiger partial charge >= 0.3 is 5.97 Å². The average molecular weight is 520 g/mol. The Morgan fingerprint density at radius 3 is 2.11 bits per heavy atom. The SMILES string of the molecule is CSCCC(NC(=O)C(C)NC(=O)C(CCCCN)NC(=O)CNC(=O)C(N)CC(N)=O)C(=O)O. The van der Waals surface area contributed by atoms with Crippen LogP contribution in [0.2, 0.25) is 0 Å². The second kappa shape index (κ2) is 17.5. The second-order valence-corrected chi connectivity index (χ2v) is 8.80. The summed E-state index contributed by atoms with van der Waals surface area (Å²) < 4.78 is 0. The van der Waals surface area contributed by atoms with Gasteiger partial charge in [0.05, 0.1) is 19.0 Å². The van der Waals surface area contributed by atoms with Gasteiger partial charge < -0.3 is 43.6 Å². The molecule has 0 fully saturated rings. The molecule has 11 N–H and O–H groups in total. The minimum absolute atomic E-state index is 0.212. The van der Waals surface area contributed by atoms with Crippen molar-refractivity contribution in [3.05, 3.63) is 0 Å². The Labute approximate surface area is 208 Å². The number of amides is 5. The maximum absolute atomic E-state index is 12.7. The van der Waals surface area contributed by atoms with Crippen LogP contribution in [0.3, 0.4) is 0 Å². The van der Waals surface area contributed by atoms with Crippen LogP contribution in [-0.4, -0.2) is 89.9 Å². The number of hydrogen-bond donors (Lipinski definition) is 8. The fraction of sp³-hybridized carbons (Fsp3) is 0.700. The van der Waals surface area contributed by atoms with Crippen molar-refractivity contribution >= 4 is 47.3 Å². The van der Waals surface area contributed by atoms with Crippen molar-refractivity contribution in [2.45, 2.75) is 63.2 Å². The molecule has 0 saturated carbocycles. The molecule has 0 aliphatic heterocycles. The van der Waals surface area contributed by atoms with Gasteiger partial charge in [0.25, 0.3) is 0 Å². The molecule has 0 spiro atoms. The molecule has 200 valence electrons. The van der Waals surface area contributed by atoms with E-state index >= 15 is 0 Å². The van der Waals surface area contributed by atoms with Crippen molar-refractivity contribution in [2.75, 3.05) is 25.1 Å². The van der Waals surface area contributed by atoms with Crippen LogP contribution in [0, 0.1) is 0 Å². The Balaban J connectivity index is 5.00. The van der Waals surface area contributed by atoms with Gasteiger partial charge in [-0.05, 0) is 51.2 Å². The van der Waals surface area contributed by atoms with Crippen LogP contribution >= 0.6 is 11.8 Å². The first-order valence-electron chi connectivity index (χ1n) is 11.1. The third-order valence-electron chi connectivity index (χ3n) is 4.76. The van der Waals surface area contributed by atoms with E-state index in [4.69, 9.17) is 17.2 Å². The Bertz CT molecular complexity index is 753. The summed E-state index contributed by atoms with van der Waals surface area (Å²) in [6.45, 7) is 1.26. The zero-order valence-electron chi connectivity index (χ0n) is 20.0. The van der Waals surface area contributed by atoms with Gasteiger partial charge in [0.2, 0.25) is 29.5 Å². The molecule has 0 aromatic rings. The summed E-state index contributed by atoms with van der Waals surface area (Å²) in [6, 6.07) is -4.42. The Morgan fingerprint density at radius 2 is 1.57 bits per heavy atom. The first kappa shape index (κ1) is 32.1. The Morgan fingerprint density at radius 1 is 0.914 bits per heavy atom. The normalized spacial score (nSPS) is 14.1. The van der Waals surface area contributed by atoms with Gasteiger partial charge in [-0.1, -0.05) is 0 Å². The van der Waals surface area contributed by atoms with Crippen LogP contribution in [0.15, 0.2) is 0 Å². The first-order chi connectivity index (χ1) is 16.4. The molecule has 0 saturated heterocycles. The highest BCUT2D eigenvalue weighted by Crippen LogP contribution is 2.04. The Kier molecular flexibility index (Phi) is 16.1. The number of nitrogens with one attached hydrogen (secondary N) is 4. The summed E-state index contributed by atoms with van der Waals surface area (Å²) in [5, 5.41) is 18.8. The molecule has 0 bridgehead atoms. The van der Waals surface area contributed by atoms with Crippen LogP contribution in [0.4, 0.5) is 0 Å². The van der Waals surface area contributed by atoms with E-state index in [9.17, 15) is 33.9 Å². The number of rotatable bonds is 18. The van der Waals surface area contributed by atoms with Gasteiger partial charge in [-0.2, -0.15) is 11.8 Å². The smallest absolute Gasteiger partial charge is 0.326 e. The number of primary amides is 1. The van der Waals surface area contributed by atoms with Gasteiger partial charge in [0.15, 0.2) is 0 Å². The molecule has 0 aromatic carbocycles. The highest BCUT2D eigenvalue weighted by Gasteiger charge is 2.27. The highest BCUT2D eigenvalue weighted by atomic mass is 32.2. The third-order valence-corrected chi connectivity index (χ3v) is 5.40. The van der Waals surface area contributed by atoms with Crippen molar-refractivity contribution in [1.82, 2.24) is 21.3 Å². The van der Waals surface area contributed by atoms with Gasteiger partial charge in [-0.25, -0.2) is 4.79 Å². The molecule has 15 heteroatoms. The van der Waals surface area contributed by atoms with E-state index in [1.54, 1.807) is 0 Å². The maximum Gasteiger partial charge on any atom is 0.326 e. The summed E-state index contributed by atoms with van der Waals surface area (Å²) in [7, 11) is 0. The van der Waals surface area contributed by atoms with Crippen molar-refractivity contribution < 1.29 is 33.9 Å². The van der Waals surface area contributed by atoms with Gasteiger partial charge in [0, 0.05) is 0 Å². The maximum atomic E-state index is 12.7. The van der Waals surface area contributed by atoms with E-state index < -0.39 is 72.6 Å². The van der Waals surface area contributed by atoms with Crippen LogP contribution in [0.5, 0.6) is 0 Å². The summed E-state index contributed by atoms with van der Waals surface area (Å²) in [6.07, 6.45) is 2.94.